The van der Waals surface area contributed by atoms with Crippen LogP contribution < -0.4 is 14.8 Å². The van der Waals surface area contributed by atoms with E-state index in [4.69, 9.17) is 9.47 Å². The van der Waals surface area contributed by atoms with Crippen molar-refractivity contribution in [3.8, 4) is 11.8 Å². The van der Waals surface area contributed by atoms with Crippen LogP contribution in [0.2, 0.25) is 0 Å². The van der Waals surface area contributed by atoms with Gasteiger partial charge < -0.3 is 19.7 Å². The van der Waals surface area contributed by atoms with Crippen molar-refractivity contribution in [1.82, 2.24) is 14.9 Å². The number of ether oxygens (including phenoxy) is 2. The molecule has 7 nitrogen and oxygen atoms in total. The Balaban J connectivity index is 1.58. The molecule has 1 aromatic heterocycles. The van der Waals surface area contributed by atoms with E-state index >= 15 is 0 Å². The molecule has 1 atom stereocenters. The van der Waals surface area contributed by atoms with Gasteiger partial charge in [0.05, 0.1) is 26.0 Å². The summed E-state index contributed by atoms with van der Waals surface area (Å²) < 4.78 is 11.0. The molecule has 1 aliphatic rings. The maximum absolute atomic E-state index is 12.7. The van der Waals surface area contributed by atoms with E-state index in [2.05, 4.69) is 48.2 Å². The van der Waals surface area contributed by atoms with E-state index < -0.39 is 0 Å². The molecule has 1 unspecified atom stereocenters. The van der Waals surface area contributed by atoms with Gasteiger partial charge in [0.2, 0.25) is 11.8 Å². The number of piperidine rings is 1. The van der Waals surface area contributed by atoms with Gasteiger partial charge in [-0.15, -0.1) is 0 Å². The van der Waals surface area contributed by atoms with E-state index in [-0.39, 0.29) is 17.6 Å². The summed E-state index contributed by atoms with van der Waals surface area (Å²) in [6, 6.07) is 7.89. The van der Waals surface area contributed by atoms with Crippen molar-refractivity contribution in [3.05, 3.63) is 42.2 Å². The molecule has 0 bridgehead atoms. The second kappa shape index (κ2) is 8.46. The lowest BCUT2D eigenvalue weighted by molar-refractivity contribution is 0.101. The number of nitrogens with zero attached hydrogens (tertiary/aromatic N) is 3. The number of carbonyl (C=O) groups excluding carboxylic acids is 1. The van der Waals surface area contributed by atoms with Crippen molar-refractivity contribution in [2.75, 3.05) is 25.5 Å². The minimum absolute atomic E-state index is 0.0863. The van der Waals surface area contributed by atoms with Crippen molar-refractivity contribution < 1.29 is 14.3 Å². The molecule has 1 N–H and O–H groups in total. The van der Waals surface area contributed by atoms with Gasteiger partial charge in [0.15, 0.2) is 0 Å². The van der Waals surface area contributed by atoms with Crippen molar-refractivity contribution in [3.63, 3.8) is 0 Å². The van der Waals surface area contributed by atoms with E-state index in [0.717, 1.165) is 18.5 Å². The molecule has 2 amide bonds. The number of benzene rings is 1. The zero-order chi connectivity index (χ0) is 20.1. The summed E-state index contributed by atoms with van der Waals surface area (Å²) in [5.41, 5.74) is 2.11. The first-order valence-electron chi connectivity index (χ1n) is 9.54. The zero-order valence-corrected chi connectivity index (χ0v) is 16.9. The van der Waals surface area contributed by atoms with Crippen LogP contribution in [-0.4, -0.2) is 47.2 Å². The summed E-state index contributed by atoms with van der Waals surface area (Å²) in [4.78, 5) is 22.7. The number of urea groups is 1. The summed E-state index contributed by atoms with van der Waals surface area (Å²) in [6.45, 7) is 7.71. The Hall–Kier alpha value is -2.83. The molecule has 2 heterocycles. The fraction of sp³-hybridized carbons (Fsp3) is 0.476. The molecule has 1 aromatic carbocycles. The Labute approximate surface area is 166 Å². The fourth-order valence-electron chi connectivity index (χ4n) is 3.13. The van der Waals surface area contributed by atoms with Gasteiger partial charge in [-0.3, -0.25) is 4.98 Å². The van der Waals surface area contributed by atoms with Crippen LogP contribution in [0.3, 0.4) is 0 Å². The Morgan fingerprint density at radius 3 is 2.57 bits per heavy atom. The van der Waals surface area contributed by atoms with Crippen LogP contribution in [-0.2, 0) is 5.41 Å². The van der Waals surface area contributed by atoms with E-state index in [0.29, 0.717) is 24.8 Å². The van der Waals surface area contributed by atoms with Crippen LogP contribution in [0.5, 0.6) is 11.8 Å². The molecular formula is C21H28N4O3. The summed E-state index contributed by atoms with van der Waals surface area (Å²) >= 11 is 0. The minimum Gasteiger partial charge on any atom is -0.480 e. The molecule has 0 saturated carbocycles. The molecule has 28 heavy (non-hydrogen) atoms. The largest absolute Gasteiger partial charge is 0.480 e. The molecule has 150 valence electrons. The number of nitrogens with one attached hydrogen (secondary N) is 1. The summed E-state index contributed by atoms with van der Waals surface area (Å²) in [7, 11) is 1.54. The molecule has 0 aliphatic carbocycles. The number of rotatable bonds is 4. The van der Waals surface area contributed by atoms with E-state index in [9.17, 15) is 4.79 Å². The molecule has 7 heteroatoms. The van der Waals surface area contributed by atoms with Gasteiger partial charge in [-0.1, -0.05) is 32.9 Å². The van der Waals surface area contributed by atoms with Crippen molar-refractivity contribution >= 4 is 11.7 Å². The lowest BCUT2D eigenvalue weighted by Crippen LogP contribution is -2.46. The predicted octanol–water partition coefficient (Wildman–Crippen LogP) is 3.86. The Bertz CT molecular complexity index is 802. The molecule has 2 aromatic rings. The monoisotopic (exact) mass is 384 g/mol. The first kappa shape index (κ1) is 19.9. The van der Waals surface area contributed by atoms with Crippen LogP contribution in [0, 0.1) is 0 Å². The lowest BCUT2D eigenvalue weighted by atomic mass is 9.87. The molecular weight excluding hydrogens is 356 g/mol. The fourth-order valence-corrected chi connectivity index (χ4v) is 3.13. The minimum atomic E-state index is -0.121. The van der Waals surface area contributed by atoms with Gasteiger partial charge in [0.1, 0.15) is 6.10 Å². The number of likely N-dealkylation sites (tertiary alicyclic amines) is 1. The highest BCUT2D eigenvalue weighted by molar-refractivity contribution is 5.89. The molecule has 1 aliphatic heterocycles. The molecule has 1 fully saturated rings. The zero-order valence-electron chi connectivity index (χ0n) is 16.9. The highest BCUT2D eigenvalue weighted by Gasteiger charge is 2.25. The van der Waals surface area contributed by atoms with Gasteiger partial charge in [-0.05, 0) is 36.0 Å². The van der Waals surface area contributed by atoms with Gasteiger partial charge >= 0.3 is 6.03 Å². The second-order valence-electron chi connectivity index (χ2n) is 7.99. The van der Waals surface area contributed by atoms with Gasteiger partial charge in [0, 0.05) is 12.2 Å². The van der Waals surface area contributed by atoms with Crippen molar-refractivity contribution in [2.24, 2.45) is 0 Å². The Morgan fingerprint density at radius 2 is 1.89 bits per heavy atom. The SMILES string of the molecule is COc1cncc(OC2CCCN(C(=O)Nc3ccc(C(C)(C)C)cc3)C2)n1. The van der Waals surface area contributed by atoms with Gasteiger partial charge in [-0.2, -0.15) is 4.98 Å². The normalized spacial score (nSPS) is 17.1. The number of methoxy groups -OCH3 is 1. The third-order valence-corrected chi connectivity index (χ3v) is 4.75. The first-order valence-corrected chi connectivity index (χ1v) is 9.54. The van der Waals surface area contributed by atoms with Crippen LogP contribution in [0.15, 0.2) is 36.7 Å². The molecule has 3 rings (SSSR count). The molecule has 0 spiro atoms. The average Bonchev–Trinajstić information content (AvgIpc) is 2.68. The van der Waals surface area contributed by atoms with Crippen molar-refractivity contribution in [2.45, 2.75) is 45.1 Å². The van der Waals surface area contributed by atoms with Gasteiger partial charge in [-0.25, -0.2) is 4.79 Å². The van der Waals surface area contributed by atoms with Crippen LogP contribution in [0.25, 0.3) is 0 Å². The van der Waals surface area contributed by atoms with Crippen LogP contribution >= 0.6 is 0 Å². The quantitative estimate of drug-likeness (QED) is 0.866. The molecule has 1 saturated heterocycles. The summed E-state index contributed by atoms with van der Waals surface area (Å²) in [5.74, 6) is 0.811. The number of hydrogen-bond acceptors (Lipinski definition) is 5. The highest BCUT2D eigenvalue weighted by atomic mass is 16.5. The topological polar surface area (TPSA) is 76.6 Å². The highest BCUT2D eigenvalue weighted by Crippen LogP contribution is 2.24. The number of amides is 2. The Kier molecular flexibility index (Phi) is 6.02. The van der Waals surface area contributed by atoms with E-state index in [1.54, 1.807) is 11.1 Å². The maximum Gasteiger partial charge on any atom is 0.321 e. The molecule has 0 radical (unpaired) electrons. The van der Waals surface area contributed by atoms with Crippen molar-refractivity contribution in [1.29, 1.82) is 0 Å². The average molecular weight is 384 g/mol. The number of anilines is 1. The standard InChI is InChI=1S/C21H28N4O3/c1-21(2,3)15-7-9-16(10-8-15)23-20(26)25-11-5-6-17(14-25)28-19-13-22-12-18(24-19)27-4/h7-10,12-13,17H,5-6,11,14H2,1-4H3,(H,23,26). The second-order valence-corrected chi connectivity index (χ2v) is 7.99. The lowest BCUT2D eigenvalue weighted by Gasteiger charge is -2.32. The smallest absolute Gasteiger partial charge is 0.321 e. The third-order valence-electron chi connectivity index (χ3n) is 4.75. The first-order chi connectivity index (χ1) is 13.3. The summed E-state index contributed by atoms with van der Waals surface area (Å²) in [5, 5.41) is 2.98. The number of hydrogen-bond donors (Lipinski definition) is 1. The predicted molar refractivity (Wildman–Crippen MR) is 108 cm³/mol. The van der Waals surface area contributed by atoms with Crippen LogP contribution in [0.1, 0.15) is 39.2 Å². The van der Waals surface area contributed by atoms with Gasteiger partial charge in [0.25, 0.3) is 0 Å². The Morgan fingerprint density at radius 1 is 1.18 bits per heavy atom. The maximum atomic E-state index is 12.7. The third kappa shape index (κ3) is 5.12. The van der Waals surface area contributed by atoms with E-state index in [1.165, 1.54) is 18.9 Å². The summed E-state index contributed by atoms with van der Waals surface area (Å²) in [6.07, 6.45) is 4.70. The van der Waals surface area contributed by atoms with Crippen LogP contribution in [0.4, 0.5) is 10.5 Å². The van der Waals surface area contributed by atoms with E-state index in [1.807, 2.05) is 12.1 Å². The number of carbonyl (C=O) groups is 1. The number of aromatic nitrogens is 2.